The van der Waals surface area contributed by atoms with E-state index in [1.165, 1.54) is 37.9 Å². The normalized spacial score (nSPS) is 45.1. The van der Waals surface area contributed by atoms with Crippen molar-refractivity contribution < 1.29 is 14.3 Å². The molecular weight excluding hydrogens is 635 g/mol. The number of amides is 1. The van der Waals surface area contributed by atoms with Gasteiger partial charge < -0.3 is 20.5 Å². The third kappa shape index (κ3) is 4.53. The molecule has 13 atom stereocenters. The van der Waals surface area contributed by atoms with Crippen LogP contribution < -0.4 is 11.1 Å². The van der Waals surface area contributed by atoms with E-state index >= 15 is 0 Å². The van der Waals surface area contributed by atoms with Crippen molar-refractivity contribution in [2.24, 2.45) is 68.8 Å². The van der Waals surface area contributed by atoms with E-state index in [0.717, 1.165) is 19.3 Å². The summed E-state index contributed by atoms with van der Waals surface area (Å²) >= 11 is 0. The van der Waals surface area contributed by atoms with Crippen molar-refractivity contribution in [1.29, 1.82) is 0 Å². The molecule has 5 fully saturated rings. The number of carbonyl (C=O) groups is 1. The van der Waals surface area contributed by atoms with Crippen LogP contribution in [0, 0.1) is 63.1 Å². The lowest BCUT2D eigenvalue weighted by atomic mass is 9.30. The van der Waals surface area contributed by atoms with Gasteiger partial charge in [-0.3, -0.25) is 4.79 Å². The van der Waals surface area contributed by atoms with Crippen LogP contribution >= 0.6 is 0 Å². The van der Waals surface area contributed by atoms with Gasteiger partial charge in [-0.15, -0.1) is 5.10 Å². The van der Waals surface area contributed by atoms with E-state index in [4.69, 9.17) is 20.3 Å². The molecule has 8 rings (SSSR count). The zero-order valence-electron chi connectivity index (χ0n) is 33.5. The van der Waals surface area contributed by atoms with Crippen molar-refractivity contribution in [2.45, 2.75) is 157 Å². The molecule has 6 aliphatic carbocycles. The Kier molecular flexibility index (Phi) is 8.02. The lowest BCUT2D eigenvalue weighted by Gasteiger charge is -2.78. The Morgan fingerprint density at radius 3 is 2.53 bits per heavy atom. The van der Waals surface area contributed by atoms with Gasteiger partial charge in [0, 0.05) is 17.0 Å². The molecule has 2 heterocycles. The number of aromatic nitrogens is 3. The van der Waals surface area contributed by atoms with Crippen molar-refractivity contribution in [2.75, 3.05) is 6.61 Å². The highest BCUT2D eigenvalue weighted by Gasteiger charge is 2.79. The topological polar surface area (TPSA) is 104 Å². The average molecular weight is 702 g/mol. The molecule has 8 nitrogen and oxygen atoms in total. The number of hydrogen-bond donors (Lipinski definition) is 2. The van der Waals surface area contributed by atoms with Crippen LogP contribution in [0.5, 0.6) is 0 Å². The summed E-state index contributed by atoms with van der Waals surface area (Å²) < 4.78 is 16.0. The minimum Gasteiger partial charge on any atom is -0.490 e. The van der Waals surface area contributed by atoms with Gasteiger partial charge in [0.25, 0.3) is 5.91 Å². The number of nitrogens with one attached hydrogen (secondary N) is 1. The number of nitrogens with zero attached hydrogens (tertiary/aromatic N) is 3. The number of fused-ring (bicyclic) bond motifs is 2. The minimum atomic E-state index is -0.446. The molecule has 0 aromatic carbocycles. The zero-order valence-corrected chi connectivity index (χ0v) is 33.5. The lowest BCUT2D eigenvalue weighted by molar-refractivity contribution is -0.305. The maximum absolute atomic E-state index is 13.1. The standard InChI is InChI=1S/C43H67N5O3/c1-24(2)28(8)43-19-18-39(10)29-12-13-33-38(9)16-14-27(7)42(33,30(29)15-17-41(39)21-32(51-43)34(41)43)20-31(35(38)50-22-40(11,44)25(3)4)48-23-45-36(47-48)37(49)46-26(5)6/h15,21,23-29,31,33-35H,12-14,16-20,22,44H2,1-11H3,(H,46,49). The largest absolute Gasteiger partial charge is 0.490 e. The monoisotopic (exact) mass is 702 g/mol. The van der Waals surface area contributed by atoms with E-state index in [-0.39, 0.29) is 63.1 Å². The van der Waals surface area contributed by atoms with E-state index in [1.807, 2.05) is 18.5 Å². The van der Waals surface area contributed by atoms with Crippen molar-refractivity contribution in [3.05, 3.63) is 35.6 Å². The Balaban J connectivity index is 1.21. The molecule has 282 valence electrons. The molecule has 8 heteroatoms. The second-order valence-corrected chi connectivity index (χ2v) is 20.4. The molecule has 4 saturated carbocycles. The first-order valence-corrected chi connectivity index (χ1v) is 20.6. The number of rotatable bonds is 9. The molecule has 3 N–H and O–H groups in total. The van der Waals surface area contributed by atoms with Gasteiger partial charge in [-0.05, 0) is 130 Å². The summed E-state index contributed by atoms with van der Waals surface area (Å²) in [6.07, 6.45) is 16.4. The van der Waals surface area contributed by atoms with Gasteiger partial charge in [-0.2, -0.15) is 0 Å². The molecule has 2 bridgehead atoms. The van der Waals surface area contributed by atoms with Gasteiger partial charge in [0.15, 0.2) is 0 Å². The van der Waals surface area contributed by atoms with Crippen LogP contribution in [0.15, 0.2) is 29.8 Å². The van der Waals surface area contributed by atoms with E-state index in [0.29, 0.717) is 42.1 Å². The van der Waals surface area contributed by atoms with Gasteiger partial charge in [-0.1, -0.05) is 67.0 Å². The molecule has 1 saturated heterocycles. The van der Waals surface area contributed by atoms with Crippen molar-refractivity contribution in [3.63, 3.8) is 0 Å². The van der Waals surface area contributed by atoms with E-state index in [1.54, 1.807) is 11.9 Å². The molecule has 7 aliphatic rings. The quantitative estimate of drug-likeness (QED) is 0.251. The Labute approximate surface area is 307 Å². The van der Waals surface area contributed by atoms with Crippen molar-refractivity contribution in [1.82, 2.24) is 20.1 Å². The maximum Gasteiger partial charge on any atom is 0.291 e. The van der Waals surface area contributed by atoms with Gasteiger partial charge in [0.2, 0.25) is 5.82 Å². The fourth-order valence-corrected chi connectivity index (χ4v) is 13.6. The van der Waals surface area contributed by atoms with Crippen LogP contribution in [0.4, 0.5) is 0 Å². The smallest absolute Gasteiger partial charge is 0.291 e. The lowest BCUT2D eigenvalue weighted by Crippen LogP contribution is -2.76. The molecule has 13 unspecified atom stereocenters. The summed E-state index contributed by atoms with van der Waals surface area (Å²) in [5.74, 6) is 4.96. The third-order valence-electron chi connectivity index (χ3n) is 17.3. The van der Waals surface area contributed by atoms with Crippen LogP contribution in [0.2, 0.25) is 0 Å². The van der Waals surface area contributed by atoms with Crippen LogP contribution in [-0.2, 0) is 9.47 Å². The van der Waals surface area contributed by atoms with E-state index in [2.05, 4.69) is 84.8 Å². The second kappa shape index (κ2) is 11.4. The van der Waals surface area contributed by atoms with Gasteiger partial charge >= 0.3 is 0 Å². The fourth-order valence-electron chi connectivity index (χ4n) is 13.6. The molecule has 1 spiro atoms. The van der Waals surface area contributed by atoms with Crippen LogP contribution in [0.3, 0.4) is 0 Å². The molecule has 1 amide bonds. The van der Waals surface area contributed by atoms with Crippen LogP contribution in [-0.4, -0.2) is 50.6 Å². The summed E-state index contributed by atoms with van der Waals surface area (Å²) in [6, 6.07) is -0.0320. The Bertz CT molecular complexity index is 1640. The minimum absolute atomic E-state index is 0.00985. The Morgan fingerprint density at radius 1 is 1.12 bits per heavy atom. The van der Waals surface area contributed by atoms with E-state index < -0.39 is 5.54 Å². The van der Waals surface area contributed by atoms with Gasteiger partial charge in [0.1, 0.15) is 17.7 Å². The van der Waals surface area contributed by atoms with Gasteiger partial charge in [0.05, 0.1) is 24.7 Å². The predicted molar refractivity (Wildman–Crippen MR) is 200 cm³/mol. The number of ether oxygens (including phenoxy) is 2. The highest BCUT2D eigenvalue weighted by molar-refractivity contribution is 5.90. The average Bonchev–Trinajstić information content (AvgIpc) is 3.54. The molecular formula is C43H67N5O3. The van der Waals surface area contributed by atoms with Crippen LogP contribution in [0.1, 0.15) is 144 Å². The second-order valence-electron chi connectivity index (χ2n) is 20.4. The molecule has 51 heavy (non-hydrogen) atoms. The first-order chi connectivity index (χ1) is 23.9. The number of hydrogen-bond acceptors (Lipinski definition) is 6. The first-order valence-electron chi connectivity index (χ1n) is 20.6. The van der Waals surface area contributed by atoms with Gasteiger partial charge in [-0.25, -0.2) is 9.67 Å². The maximum atomic E-state index is 13.1. The van der Waals surface area contributed by atoms with Crippen LogP contribution in [0.25, 0.3) is 0 Å². The summed E-state index contributed by atoms with van der Waals surface area (Å²) in [5.41, 5.74) is 8.62. The summed E-state index contributed by atoms with van der Waals surface area (Å²) in [7, 11) is 0. The third-order valence-corrected chi connectivity index (χ3v) is 17.3. The molecule has 1 aliphatic heterocycles. The number of allylic oxidation sites excluding steroid dienone is 3. The summed E-state index contributed by atoms with van der Waals surface area (Å²) in [4.78, 5) is 17.7. The fraction of sp³-hybridized carbons (Fsp3) is 0.837. The molecule has 1 aromatic rings. The zero-order chi connectivity index (χ0) is 36.7. The number of nitrogens with two attached hydrogens (primary N) is 1. The van der Waals surface area contributed by atoms with Crippen molar-refractivity contribution >= 4 is 5.91 Å². The first kappa shape index (κ1) is 35.8. The summed E-state index contributed by atoms with van der Waals surface area (Å²) in [6.45, 7) is 25.9. The molecule has 1 aromatic heterocycles. The molecule has 0 radical (unpaired) electrons. The van der Waals surface area contributed by atoms with E-state index in [9.17, 15) is 4.79 Å². The highest BCUT2D eigenvalue weighted by Crippen LogP contribution is 2.82. The predicted octanol–water partition coefficient (Wildman–Crippen LogP) is 8.26. The Hall–Kier alpha value is -2.19. The SMILES string of the molecule is CC(C)NC(=O)c1ncn(C2CC34C5=CCC67C=C8OC(C(C)C(C)C)(CCC6(C)C5CCC3C(C)(CCC4C)C2OCC(C)(N)C(C)C)C87)n1. The summed E-state index contributed by atoms with van der Waals surface area (Å²) in [5, 5.41) is 7.94. The van der Waals surface area contributed by atoms with Crippen molar-refractivity contribution in [3.8, 4) is 0 Å². The number of carbonyl (C=O) groups excluding carboxylic acids is 1. The highest BCUT2D eigenvalue weighted by atomic mass is 16.5. The Morgan fingerprint density at radius 2 is 1.86 bits per heavy atom.